The van der Waals surface area contributed by atoms with E-state index >= 15 is 0 Å². The SMILES string of the molecule is CCN1CCN(c2oc(/C=C/c3ccccc3OC)nc2C#N)CC1. The number of para-hydroxylation sites is 1. The summed E-state index contributed by atoms with van der Waals surface area (Å²) in [4.78, 5) is 8.77. The van der Waals surface area contributed by atoms with Gasteiger partial charge in [-0.3, -0.25) is 0 Å². The molecule has 1 aliphatic rings. The normalized spacial score (nSPS) is 15.5. The van der Waals surface area contributed by atoms with Crippen molar-refractivity contribution in [3.05, 3.63) is 41.4 Å². The smallest absolute Gasteiger partial charge is 0.235 e. The van der Waals surface area contributed by atoms with Crippen molar-refractivity contribution in [2.45, 2.75) is 6.92 Å². The first-order valence-corrected chi connectivity index (χ1v) is 8.44. The maximum Gasteiger partial charge on any atom is 0.235 e. The second kappa shape index (κ2) is 7.86. The Hall–Kier alpha value is -2.78. The Bertz CT molecular complexity index is 783. The number of methoxy groups -OCH3 is 1. The molecule has 1 fully saturated rings. The lowest BCUT2D eigenvalue weighted by Crippen LogP contribution is -2.46. The van der Waals surface area contributed by atoms with Crippen LogP contribution in [0.25, 0.3) is 12.2 Å². The monoisotopic (exact) mass is 338 g/mol. The van der Waals surface area contributed by atoms with Crippen LogP contribution in [0.1, 0.15) is 24.1 Å². The number of benzene rings is 1. The Morgan fingerprint density at radius 2 is 2.00 bits per heavy atom. The second-order valence-corrected chi connectivity index (χ2v) is 5.81. The van der Waals surface area contributed by atoms with E-state index in [0.29, 0.717) is 17.5 Å². The van der Waals surface area contributed by atoms with Gasteiger partial charge in [0.05, 0.1) is 7.11 Å². The van der Waals surface area contributed by atoms with Gasteiger partial charge in [-0.15, -0.1) is 0 Å². The molecule has 0 unspecified atom stereocenters. The molecule has 0 radical (unpaired) electrons. The van der Waals surface area contributed by atoms with Gasteiger partial charge in [0.25, 0.3) is 0 Å². The van der Waals surface area contributed by atoms with E-state index in [-0.39, 0.29) is 0 Å². The predicted molar refractivity (Wildman–Crippen MR) is 97.5 cm³/mol. The average Bonchev–Trinajstić information content (AvgIpc) is 3.10. The van der Waals surface area contributed by atoms with Crippen molar-refractivity contribution in [2.75, 3.05) is 44.7 Å². The number of nitriles is 1. The lowest BCUT2D eigenvalue weighted by atomic mass is 10.2. The number of nitrogens with zero attached hydrogens (tertiary/aromatic N) is 4. The van der Waals surface area contributed by atoms with Crippen molar-refractivity contribution in [2.24, 2.45) is 0 Å². The number of ether oxygens (including phenoxy) is 1. The van der Waals surface area contributed by atoms with Crippen LogP contribution < -0.4 is 9.64 Å². The Morgan fingerprint density at radius 3 is 2.68 bits per heavy atom. The van der Waals surface area contributed by atoms with Crippen molar-refractivity contribution >= 4 is 18.0 Å². The fraction of sp³-hybridized carbons (Fsp3) is 0.368. The number of hydrogen-bond acceptors (Lipinski definition) is 6. The summed E-state index contributed by atoms with van der Waals surface area (Å²) in [5.41, 5.74) is 1.27. The van der Waals surface area contributed by atoms with Gasteiger partial charge >= 0.3 is 0 Å². The molecule has 1 aromatic heterocycles. The molecule has 1 aliphatic heterocycles. The molecule has 0 aliphatic carbocycles. The highest BCUT2D eigenvalue weighted by atomic mass is 16.5. The summed E-state index contributed by atoms with van der Waals surface area (Å²) in [6.45, 7) is 6.82. The van der Waals surface area contributed by atoms with Gasteiger partial charge in [-0.2, -0.15) is 10.2 Å². The summed E-state index contributed by atoms with van der Waals surface area (Å²) in [7, 11) is 1.64. The summed E-state index contributed by atoms with van der Waals surface area (Å²) >= 11 is 0. The first-order chi connectivity index (χ1) is 12.2. The minimum absolute atomic E-state index is 0.338. The highest BCUT2D eigenvalue weighted by Crippen LogP contribution is 2.25. The largest absolute Gasteiger partial charge is 0.496 e. The molecule has 0 N–H and O–H groups in total. The van der Waals surface area contributed by atoms with Gasteiger partial charge in [0.15, 0.2) is 0 Å². The third-order valence-electron chi connectivity index (χ3n) is 4.38. The van der Waals surface area contributed by atoms with Gasteiger partial charge in [-0.1, -0.05) is 25.1 Å². The van der Waals surface area contributed by atoms with Crippen LogP contribution in [-0.2, 0) is 0 Å². The summed E-state index contributed by atoms with van der Waals surface area (Å²) in [6.07, 6.45) is 3.65. The maximum atomic E-state index is 9.37. The van der Waals surface area contributed by atoms with Crippen LogP contribution in [0.15, 0.2) is 28.7 Å². The Kier molecular flexibility index (Phi) is 5.36. The zero-order chi connectivity index (χ0) is 17.6. The van der Waals surface area contributed by atoms with E-state index < -0.39 is 0 Å². The molecule has 6 nitrogen and oxygen atoms in total. The second-order valence-electron chi connectivity index (χ2n) is 5.81. The maximum absolute atomic E-state index is 9.37. The van der Waals surface area contributed by atoms with E-state index in [1.165, 1.54) is 0 Å². The number of rotatable bonds is 5. The molecule has 0 spiro atoms. The van der Waals surface area contributed by atoms with Crippen LogP contribution in [0.3, 0.4) is 0 Å². The van der Waals surface area contributed by atoms with Crippen molar-refractivity contribution in [1.82, 2.24) is 9.88 Å². The summed E-state index contributed by atoms with van der Waals surface area (Å²) < 4.78 is 11.2. The van der Waals surface area contributed by atoms with Gasteiger partial charge in [0.1, 0.15) is 11.8 Å². The fourth-order valence-corrected chi connectivity index (χ4v) is 2.92. The summed E-state index contributed by atoms with van der Waals surface area (Å²) in [5, 5.41) is 9.37. The molecule has 0 bridgehead atoms. The predicted octanol–water partition coefficient (Wildman–Crippen LogP) is 2.87. The molecule has 2 aromatic rings. The highest BCUT2D eigenvalue weighted by molar-refractivity contribution is 5.70. The molecule has 0 amide bonds. The van der Waals surface area contributed by atoms with Crippen LogP contribution in [0.5, 0.6) is 5.75 Å². The third kappa shape index (κ3) is 3.83. The van der Waals surface area contributed by atoms with Gasteiger partial charge in [0, 0.05) is 37.8 Å². The van der Waals surface area contributed by atoms with Crippen LogP contribution in [-0.4, -0.2) is 49.7 Å². The van der Waals surface area contributed by atoms with Crippen LogP contribution in [0.2, 0.25) is 0 Å². The lowest BCUT2D eigenvalue weighted by molar-refractivity contribution is 0.266. The molecule has 1 aromatic carbocycles. The summed E-state index contributed by atoms with van der Waals surface area (Å²) in [5.74, 6) is 1.77. The van der Waals surface area contributed by atoms with Crippen molar-refractivity contribution in [3.8, 4) is 11.8 Å². The molecule has 3 rings (SSSR count). The number of oxazole rings is 1. The third-order valence-corrected chi connectivity index (χ3v) is 4.38. The molecule has 0 atom stereocenters. The van der Waals surface area contributed by atoms with Crippen LogP contribution >= 0.6 is 0 Å². The average molecular weight is 338 g/mol. The van der Waals surface area contributed by atoms with Crippen LogP contribution in [0, 0.1) is 11.3 Å². The van der Waals surface area contributed by atoms with E-state index in [9.17, 15) is 5.26 Å². The van der Waals surface area contributed by atoms with Gasteiger partial charge in [-0.05, 0) is 18.7 Å². The molecule has 2 heterocycles. The standard InChI is InChI=1S/C19H22N4O2/c1-3-22-10-12-23(13-11-22)19-16(14-20)21-18(25-19)9-8-15-6-4-5-7-17(15)24-2/h4-9H,3,10-13H2,1-2H3/b9-8+. The van der Waals surface area contributed by atoms with E-state index in [4.69, 9.17) is 9.15 Å². The number of piperazine rings is 1. The molecule has 1 saturated heterocycles. The molecule has 25 heavy (non-hydrogen) atoms. The van der Waals surface area contributed by atoms with E-state index in [2.05, 4.69) is 27.8 Å². The molecular formula is C19H22N4O2. The first-order valence-electron chi connectivity index (χ1n) is 8.44. The zero-order valence-corrected chi connectivity index (χ0v) is 14.6. The van der Waals surface area contributed by atoms with E-state index in [1.54, 1.807) is 13.2 Å². The van der Waals surface area contributed by atoms with Gasteiger partial charge in [0.2, 0.25) is 17.5 Å². The summed E-state index contributed by atoms with van der Waals surface area (Å²) in [6, 6.07) is 9.85. The Balaban J connectivity index is 1.79. The van der Waals surface area contributed by atoms with Gasteiger partial charge < -0.3 is 19.0 Å². The molecular weight excluding hydrogens is 316 g/mol. The minimum Gasteiger partial charge on any atom is -0.496 e. The lowest BCUT2D eigenvalue weighted by Gasteiger charge is -2.33. The Morgan fingerprint density at radius 1 is 1.24 bits per heavy atom. The topological polar surface area (TPSA) is 65.5 Å². The number of aromatic nitrogens is 1. The van der Waals surface area contributed by atoms with Crippen molar-refractivity contribution in [1.29, 1.82) is 5.26 Å². The molecule has 130 valence electrons. The number of likely N-dealkylation sites (N-methyl/N-ethyl adjacent to an activating group) is 1. The van der Waals surface area contributed by atoms with Gasteiger partial charge in [-0.25, -0.2) is 0 Å². The molecule has 6 heteroatoms. The number of anilines is 1. The van der Waals surface area contributed by atoms with E-state index in [1.807, 2.05) is 30.3 Å². The zero-order valence-electron chi connectivity index (χ0n) is 14.6. The van der Waals surface area contributed by atoms with Crippen LogP contribution in [0.4, 0.5) is 5.88 Å². The van der Waals surface area contributed by atoms with Crippen molar-refractivity contribution < 1.29 is 9.15 Å². The highest BCUT2D eigenvalue weighted by Gasteiger charge is 2.23. The Labute approximate surface area is 147 Å². The minimum atomic E-state index is 0.338. The fourth-order valence-electron chi connectivity index (χ4n) is 2.92. The van der Waals surface area contributed by atoms with E-state index in [0.717, 1.165) is 44.0 Å². The number of hydrogen-bond donors (Lipinski definition) is 0. The van der Waals surface area contributed by atoms with Crippen molar-refractivity contribution in [3.63, 3.8) is 0 Å². The quantitative estimate of drug-likeness (QED) is 0.835. The first kappa shape index (κ1) is 17.1. The molecule has 0 saturated carbocycles.